The van der Waals surface area contributed by atoms with Gasteiger partial charge in [-0.25, -0.2) is 0 Å². The van der Waals surface area contributed by atoms with Crippen LogP contribution < -0.4 is 11.1 Å². The number of rotatable bonds is 3. The number of halogens is 1. The van der Waals surface area contributed by atoms with Gasteiger partial charge in [0.1, 0.15) is 6.42 Å². The van der Waals surface area contributed by atoms with Crippen molar-refractivity contribution in [2.24, 2.45) is 5.73 Å². The summed E-state index contributed by atoms with van der Waals surface area (Å²) in [4.78, 5) is 21.5. The van der Waals surface area contributed by atoms with Crippen LogP contribution in [0.5, 0.6) is 0 Å². The molecule has 0 heterocycles. The summed E-state index contributed by atoms with van der Waals surface area (Å²) in [5.41, 5.74) is 5.50. The van der Waals surface area contributed by atoms with Gasteiger partial charge < -0.3 is 11.1 Å². The van der Waals surface area contributed by atoms with E-state index in [0.29, 0.717) is 5.69 Å². The topological polar surface area (TPSA) is 72.2 Å². The molecule has 0 spiro atoms. The molecule has 0 aliphatic rings. The fourth-order valence-corrected chi connectivity index (χ4v) is 1.16. The Kier molecular flexibility index (Phi) is 3.64. The molecular weight excluding hydrogens is 248 g/mol. The molecule has 1 aromatic rings. The number of benzene rings is 1. The molecule has 0 unspecified atom stereocenters. The van der Waals surface area contributed by atoms with Crippen molar-refractivity contribution in [3.8, 4) is 0 Å². The summed E-state index contributed by atoms with van der Waals surface area (Å²) in [6, 6.07) is 7.03. The van der Waals surface area contributed by atoms with Gasteiger partial charge in [-0.15, -0.1) is 0 Å². The molecular formula is C9H9BrN2O2. The Morgan fingerprint density at radius 1 is 1.29 bits per heavy atom. The van der Waals surface area contributed by atoms with Crippen molar-refractivity contribution in [2.75, 3.05) is 5.32 Å². The van der Waals surface area contributed by atoms with Crippen molar-refractivity contribution in [2.45, 2.75) is 6.42 Å². The van der Waals surface area contributed by atoms with Crippen LogP contribution in [0.2, 0.25) is 0 Å². The molecule has 0 aliphatic heterocycles. The third-order valence-corrected chi connectivity index (χ3v) is 1.99. The normalized spacial score (nSPS) is 9.50. The molecule has 0 aromatic heterocycles. The van der Waals surface area contributed by atoms with Gasteiger partial charge in [-0.2, -0.15) is 0 Å². The van der Waals surface area contributed by atoms with E-state index in [2.05, 4.69) is 21.2 Å². The maximum absolute atomic E-state index is 11.1. The fraction of sp³-hybridized carbons (Fsp3) is 0.111. The van der Waals surface area contributed by atoms with Gasteiger partial charge in [-0.1, -0.05) is 15.9 Å². The number of hydrogen-bond acceptors (Lipinski definition) is 2. The van der Waals surface area contributed by atoms with E-state index in [9.17, 15) is 9.59 Å². The highest BCUT2D eigenvalue weighted by atomic mass is 79.9. The second-order valence-electron chi connectivity index (χ2n) is 2.70. The zero-order valence-corrected chi connectivity index (χ0v) is 8.87. The van der Waals surface area contributed by atoms with E-state index in [1.54, 1.807) is 24.3 Å². The van der Waals surface area contributed by atoms with Crippen LogP contribution in [0, 0.1) is 0 Å². The number of carbonyl (C=O) groups is 2. The van der Waals surface area contributed by atoms with Crippen LogP contribution >= 0.6 is 15.9 Å². The summed E-state index contributed by atoms with van der Waals surface area (Å²) >= 11 is 3.27. The summed E-state index contributed by atoms with van der Waals surface area (Å²) in [5, 5.41) is 2.54. The van der Waals surface area contributed by atoms with Gasteiger partial charge in [0.2, 0.25) is 11.8 Å². The molecule has 14 heavy (non-hydrogen) atoms. The molecule has 2 amide bonds. The van der Waals surface area contributed by atoms with E-state index in [1.807, 2.05) is 0 Å². The summed E-state index contributed by atoms with van der Waals surface area (Å²) in [7, 11) is 0. The van der Waals surface area contributed by atoms with Crippen molar-refractivity contribution < 1.29 is 9.59 Å². The molecule has 3 N–H and O–H groups in total. The molecule has 1 rings (SSSR count). The first-order valence-electron chi connectivity index (χ1n) is 3.91. The largest absolute Gasteiger partial charge is 0.369 e. The van der Waals surface area contributed by atoms with E-state index in [1.165, 1.54) is 0 Å². The molecule has 1 aromatic carbocycles. The number of primary amides is 1. The summed E-state index contributed by atoms with van der Waals surface area (Å²) in [6.45, 7) is 0. The highest BCUT2D eigenvalue weighted by Crippen LogP contribution is 2.13. The average Bonchev–Trinajstić information content (AvgIpc) is 2.07. The smallest absolute Gasteiger partial charge is 0.233 e. The molecule has 0 aliphatic carbocycles. The Labute approximate surface area is 89.6 Å². The zero-order valence-electron chi connectivity index (χ0n) is 7.29. The third kappa shape index (κ3) is 3.57. The predicted molar refractivity (Wildman–Crippen MR) is 56.6 cm³/mol. The van der Waals surface area contributed by atoms with Gasteiger partial charge in [0.25, 0.3) is 0 Å². The van der Waals surface area contributed by atoms with Crippen LogP contribution in [0.25, 0.3) is 0 Å². The van der Waals surface area contributed by atoms with Crippen molar-refractivity contribution in [1.29, 1.82) is 0 Å². The first kappa shape index (κ1) is 10.7. The Hall–Kier alpha value is -1.36. The molecule has 0 saturated carbocycles. The quantitative estimate of drug-likeness (QED) is 0.800. The van der Waals surface area contributed by atoms with Gasteiger partial charge in [-0.05, 0) is 24.3 Å². The molecule has 4 nitrogen and oxygen atoms in total. The Morgan fingerprint density at radius 3 is 2.36 bits per heavy atom. The lowest BCUT2D eigenvalue weighted by molar-refractivity contribution is -0.124. The lowest BCUT2D eigenvalue weighted by atomic mass is 10.3. The van der Waals surface area contributed by atoms with E-state index < -0.39 is 11.8 Å². The Morgan fingerprint density at radius 2 is 1.86 bits per heavy atom. The number of nitrogens with one attached hydrogen (secondary N) is 1. The Balaban J connectivity index is 2.56. The van der Waals surface area contributed by atoms with Crippen LogP contribution in [0.4, 0.5) is 5.69 Å². The lowest BCUT2D eigenvalue weighted by Gasteiger charge is -2.02. The van der Waals surface area contributed by atoms with Gasteiger partial charge in [0, 0.05) is 10.2 Å². The van der Waals surface area contributed by atoms with E-state index in [0.717, 1.165) is 4.47 Å². The molecule has 0 bridgehead atoms. The minimum Gasteiger partial charge on any atom is -0.369 e. The van der Waals surface area contributed by atoms with Crippen LogP contribution in [-0.4, -0.2) is 11.8 Å². The summed E-state index contributed by atoms with van der Waals surface area (Å²) in [6.07, 6.45) is -0.296. The minimum absolute atomic E-state index is 0.296. The van der Waals surface area contributed by atoms with Crippen LogP contribution in [0.15, 0.2) is 28.7 Å². The predicted octanol–water partition coefficient (Wildman–Crippen LogP) is 1.26. The third-order valence-electron chi connectivity index (χ3n) is 1.46. The molecule has 74 valence electrons. The molecule has 0 fully saturated rings. The second kappa shape index (κ2) is 4.76. The van der Waals surface area contributed by atoms with E-state index in [-0.39, 0.29) is 6.42 Å². The van der Waals surface area contributed by atoms with Crippen LogP contribution in [-0.2, 0) is 9.59 Å². The minimum atomic E-state index is -0.639. The van der Waals surface area contributed by atoms with Crippen LogP contribution in [0.3, 0.4) is 0 Å². The van der Waals surface area contributed by atoms with Gasteiger partial charge in [0.05, 0.1) is 0 Å². The van der Waals surface area contributed by atoms with Crippen molar-refractivity contribution in [1.82, 2.24) is 0 Å². The van der Waals surface area contributed by atoms with Gasteiger partial charge >= 0.3 is 0 Å². The number of hydrogen-bond donors (Lipinski definition) is 2. The van der Waals surface area contributed by atoms with E-state index in [4.69, 9.17) is 5.73 Å². The van der Waals surface area contributed by atoms with Gasteiger partial charge in [0.15, 0.2) is 0 Å². The standard InChI is InChI=1S/C9H9BrN2O2/c10-6-1-3-7(4-2-6)12-9(14)5-8(11)13/h1-4H,5H2,(H2,11,13)(H,12,14). The van der Waals surface area contributed by atoms with Crippen molar-refractivity contribution >= 4 is 33.4 Å². The lowest BCUT2D eigenvalue weighted by Crippen LogP contribution is -2.21. The van der Waals surface area contributed by atoms with Crippen LogP contribution in [0.1, 0.15) is 6.42 Å². The van der Waals surface area contributed by atoms with Crippen molar-refractivity contribution in [3.05, 3.63) is 28.7 Å². The van der Waals surface area contributed by atoms with Crippen molar-refractivity contribution in [3.63, 3.8) is 0 Å². The summed E-state index contributed by atoms with van der Waals surface area (Å²) < 4.78 is 0.922. The molecule has 0 radical (unpaired) electrons. The highest BCUT2D eigenvalue weighted by Gasteiger charge is 2.05. The Bertz CT molecular complexity index is 348. The number of amides is 2. The number of carbonyl (C=O) groups excluding carboxylic acids is 2. The maximum Gasteiger partial charge on any atom is 0.233 e. The first-order valence-corrected chi connectivity index (χ1v) is 4.71. The number of anilines is 1. The molecule has 0 atom stereocenters. The zero-order chi connectivity index (χ0) is 10.6. The monoisotopic (exact) mass is 256 g/mol. The fourth-order valence-electron chi connectivity index (χ4n) is 0.897. The van der Waals surface area contributed by atoms with E-state index >= 15 is 0 Å². The highest BCUT2D eigenvalue weighted by molar-refractivity contribution is 9.10. The maximum atomic E-state index is 11.1. The number of nitrogens with two attached hydrogens (primary N) is 1. The molecule has 0 saturated heterocycles. The molecule has 5 heteroatoms. The SMILES string of the molecule is NC(=O)CC(=O)Nc1ccc(Br)cc1. The average molecular weight is 257 g/mol. The summed E-state index contributed by atoms with van der Waals surface area (Å²) in [5.74, 6) is -1.04. The van der Waals surface area contributed by atoms with Gasteiger partial charge in [-0.3, -0.25) is 9.59 Å². The second-order valence-corrected chi connectivity index (χ2v) is 3.61. The first-order chi connectivity index (χ1) is 6.58.